The van der Waals surface area contributed by atoms with Crippen molar-refractivity contribution in [2.45, 2.75) is 44.8 Å². The van der Waals surface area contributed by atoms with Gasteiger partial charge >= 0.3 is 0 Å². The van der Waals surface area contributed by atoms with Crippen LogP contribution in [0.25, 0.3) is 28.4 Å². The molecular formula is C30H26ClFO5. The lowest BCUT2D eigenvalue weighted by Crippen LogP contribution is -2.27. The minimum atomic E-state index is -1.35. The monoisotopic (exact) mass is 520 g/mol. The Balaban J connectivity index is 1.70. The van der Waals surface area contributed by atoms with E-state index in [0.717, 1.165) is 0 Å². The van der Waals surface area contributed by atoms with Crippen LogP contribution in [-0.2, 0) is 12.0 Å². The third-order valence-electron chi connectivity index (χ3n) is 6.71. The van der Waals surface area contributed by atoms with Gasteiger partial charge in [0.15, 0.2) is 11.0 Å². The van der Waals surface area contributed by atoms with Gasteiger partial charge in [0.25, 0.3) is 0 Å². The number of rotatable bonds is 5. The molecule has 0 saturated heterocycles. The summed E-state index contributed by atoms with van der Waals surface area (Å²) in [5.74, 6) is -0.0106. The van der Waals surface area contributed by atoms with Crippen molar-refractivity contribution in [3.05, 3.63) is 98.4 Å². The Morgan fingerprint density at radius 3 is 2.51 bits per heavy atom. The highest BCUT2D eigenvalue weighted by atomic mass is 35.5. The summed E-state index contributed by atoms with van der Waals surface area (Å²) in [6.45, 7) is 5.38. The molecule has 2 N–H and O–H groups in total. The number of phenols is 1. The van der Waals surface area contributed by atoms with Crippen LogP contribution < -0.4 is 10.2 Å². The Kier molecular flexibility index (Phi) is 6.13. The minimum Gasteiger partial charge on any atom is -0.507 e. The van der Waals surface area contributed by atoms with Gasteiger partial charge in [-0.25, -0.2) is 4.39 Å². The van der Waals surface area contributed by atoms with Crippen molar-refractivity contribution < 1.29 is 23.8 Å². The molecule has 1 aliphatic rings. The number of ether oxygens (including phenoxy) is 1. The van der Waals surface area contributed by atoms with Crippen molar-refractivity contribution in [1.82, 2.24) is 0 Å². The second kappa shape index (κ2) is 9.05. The zero-order valence-electron chi connectivity index (χ0n) is 20.6. The van der Waals surface area contributed by atoms with Crippen LogP contribution in [0.4, 0.5) is 4.39 Å². The number of halogens is 2. The Morgan fingerprint density at radius 1 is 1.11 bits per heavy atom. The first-order valence-corrected chi connectivity index (χ1v) is 12.3. The summed E-state index contributed by atoms with van der Waals surface area (Å²) >= 11 is 6.51. The summed E-state index contributed by atoms with van der Waals surface area (Å²) in [7, 11) is 0. The Bertz CT molecular complexity index is 1600. The topological polar surface area (TPSA) is 79.9 Å². The van der Waals surface area contributed by atoms with Crippen LogP contribution in [0.15, 0.2) is 69.9 Å². The van der Waals surface area contributed by atoms with Crippen molar-refractivity contribution in [3.63, 3.8) is 0 Å². The highest BCUT2D eigenvalue weighted by Crippen LogP contribution is 2.42. The normalized spacial score (nSPS) is 15.7. The zero-order valence-corrected chi connectivity index (χ0v) is 21.4. The highest BCUT2D eigenvalue weighted by Gasteiger charge is 2.30. The van der Waals surface area contributed by atoms with Crippen LogP contribution >= 0.6 is 11.6 Å². The van der Waals surface area contributed by atoms with E-state index in [4.69, 9.17) is 20.8 Å². The molecule has 1 aliphatic heterocycles. The van der Waals surface area contributed by atoms with Gasteiger partial charge in [0, 0.05) is 17.2 Å². The molecule has 5 rings (SSSR count). The number of fused-ring (bicyclic) bond motifs is 3. The lowest BCUT2D eigenvalue weighted by Gasteiger charge is -2.28. The molecular weight excluding hydrogens is 495 g/mol. The first kappa shape index (κ1) is 25.1. The molecule has 1 aromatic heterocycles. The maximum atomic E-state index is 13.9. The van der Waals surface area contributed by atoms with Gasteiger partial charge in [-0.2, -0.15) is 0 Å². The molecule has 37 heavy (non-hydrogen) atoms. The molecule has 4 aromatic rings. The van der Waals surface area contributed by atoms with E-state index < -0.39 is 22.4 Å². The van der Waals surface area contributed by atoms with Crippen molar-refractivity contribution in [2.75, 3.05) is 0 Å². The summed E-state index contributed by atoms with van der Waals surface area (Å²) in [5, 5.41) is 22.5. The average Bonchev–Trinajstić information content (AvgIpc) is 2.83. The van der Waals surface area contributed by atoms with E-state index in [0.29, 0.717) is 27.5 Å². The predicted octanol–water partition coefficient (Wildman–Crippen LogP) is 6.98. The highest BCUT2D eigenvalue weighted by molar-refractivity contribution is 6.33. The van der Waals surface area contributed by atoms with E-state index in [9.17, 15) is 19.4 Å². The summed E-state index contributed by atoms with van der Waals surface area (Å²) < 4.78 is 25.8. The van der Waals surface area contributed by atoms with Gasteiger partial charge in [0.05, 0.1) is 16.2 Å². The van der Waals surface area contributed by atoms with Gasteiger partial charge in [-0.05, 0) is 75.6 Å². The van der Waals surface area contributed by atoms with E-state index in [2.05, 4.69) is 0 Å². The fraction of sp³-hybridized carbons (Fsp3) is 0.233. The molecule has 1 unspecified atom stereocenters. The molecule has 0 spiro atoms. The lowest BCUT2D eigenvalue weighted by atomic mass is 9.88. The molecule has 1 atom stereocenters. The van der Waals surface area contributed by atoms with Gasteiger partial charge in [0.1, 0.15) is 34.1 Å². The molecule has 0 fully saturated rings. The number of benzene rings is 3. The molecule has 2 heterocycles. The first-order chi connectivity index (χ1) is 17.5. The Labute approximate surface area is 218 Å². The quantitative estimate of drug-likeness (QED) is 0.296. The van der Waals surface area contributed by atoms with Crippen LogP contribution in [0, 0.1) is 5.82 Å². The zero-order chi connectivity index (χ0) is 26.5. The predicted molar refractivity (Wildman–Crippen MR) is 143 cm³/mol. The molecule has 0 saturated carbocycles. The smallest absolute Gasteiger partial charge is 0.200 e. The van der Waals surface area contributed by atoms with E-state index in [1.54, 1.807) is 31.2 Å². The van der Waals surface area contributed by atoms with Crippen LogP contribution in [0.1, 0.15) is 43.9 Å². The van der Waals surface area contributed by atoms with E-state index >= 15 is 0 Å². The lowest BCUT2D eigenvalue weighted by molar-refractivity contribution is 0.0479. The number of phenolic OH excluding ortho intramolecular Hbond substituents is 1. The van der Waals surface area contributed by atoms with Gasteiger partial charge in [-0.15, -0.1) is 0 Å². The fourth-order valence-electron chi connectivity index (χ4n) is 4.64. The van der Waals surface area contributed by atoms with E-state index in [1.165, 1.54) is 30.3 Å². The van der Waals surface area contributed by atoms with Gasteiger partial charge < -0.3 is 19.4 Å². The first-order valence-electron chi connectivity index (χ1n) is 11.9. The maximum absolute atomic E-state index is 13.9. The maximum Gasteiger partial charge on any atom is 0.200 e. The van der Waals surface area contributed by atoms with Crippen molar-refractivity contribution >= 4 is 28.6 Å². The van der Waals surface area contributed by atoms with Crippen LogP contribution in [0.5, 0.6) is 11.5 Å². The molecule has 7 heteroatoms. The molecule has 5 nitrogen and oxygen atoms in total. The van der Waals surface area contributed by atoms with Gasteiger partial charge in [-0.3, -0.25) is 4.79 Å². The van der Waals surface area contributed by atoms with E-state index in [1.807, 2.05) is 26.0 Å². The molecule has 0 aliphatic carbocycles. The van der Waals surface area contributed by atoms with Crippen LogP contribution in [0.2, 0.25) is 5.02 Å². The van der Waals surface area contributed by atoms with Crippen LogP contribution in [0.3, 0.4) is 0 Å². The van der Waals surface area contributed by atoms with Crippen molar-refractivity contribution in [1.29, 1.82) is 0 Å². The third-order valence-corrected chi connectivity index (χ3v) is 7.04. The van der Waals surface area contributed by atoms with Gasteiger partial charge in [-0.1, -0.05) is 35.9 Å². The average molecular weight is 521 g/mol. The molecule has 0 radical (unpaired) electrons. The van der Waals surface area contributed by atoms with E-state index in [-0.39, 0.29) is 40.9 Å². The fourth-order valence-corrected chi connectivity index (χ4v) is 4.86. The third kappa shape index (κ3) is 4.63. The SMILES string of the molecule is CC1(C)C=Cc2c(cc(O)c3c(=O)c(CCC(C)(O)c4ccc(F)cc4)c(-c4ccccc4Cl)oc23)O1. The van der Waals surface area contributed by atoms with Crippen LogP contribution in [-0.4, -0.2) is 15.8 Å². The molecule has 3 aromatic carbocycles. The summed E-state index contributed by atoms with van der Waals surface area (Å²) in [4.78, 5) is 13.9. The van der Waals surface area contributed by atoms with Crippen molar-refractivity contribution in [3.8, 4) is 22.8 Å². The Hall–Kier alpha value is -3.61. The standard InChI is InChI=1S/C30H26ClFO5/c1-29(2)14-12-20-24(37-29)16-23(33)25-26(34)21(13-15-30(3,35)17-8-10-18(32)11-9-17)27(36-28(20)25)19-6-4-5-7-22(19)31/h4-12,14,16,33,35H,13,15H2,1-3H3. The number of aliphatic hydroxyl groups is 1. The second-order valence-electron chi connectivity index (χ2n) is 10.0. The number of hydrogen-bond donors (Lipinski definition) is 2. The minimum absolute atomic E-state index is 0.0268. The number of aromatic hydroxyl groups is 1. The molecule has 0 amide bonds. The largest absolute Gasteiger partial charge is 0.507 e. The van der Waals surface area contributed by atoms with Crippen molar-refractivity contribution in [2.24, 2.45) is 0 Å². The number of hydrogen-bond acceptors (Lipinski definition) is 5. The second-order valence-corrected chi connectivity index (χ2v) is 10.5. The van der Waals surface area contributed by atoms with Gasteiger partial charge in [0.2, 0.25) is 0 Å². The summed E-state index contributed by atoms with van der Waals surface area (Å²) in [5.41, 5.74) is -0.350. The Morgan fingerprint density at radius 2 is 1.81 bits per heavy atom. The summed E-state index contributed by atoms with van der Waals surface area (Å²) in [6, 6.07) is 14.0. The molecule has 0 bridgehead atoms. The summed E-state index contributed by atoms with van der Waals surface area (Å²) in [6.07, 6.45) is 3.92. The molecule has 190 valence electrons.